The van der Waals surface area contributed by atoms with Gasteiger partial charge in [-0.1, -0.05) is 0 Å². The van der Waals surface area contributed by atoms with Crippen LogP contribution in [0.4, 0.5) is 11.4 Å². The first-order valence-electron chi connectivity index (χ1n) is 7.72. The highest BCUT2D eigenvalue weighted by Crippen LogP contribution is 2.30. The largest absolute Gasteiger partial charge is 0.378 e. The van der Waals surface area contributed by atoms with E-state index in [-0.39, 0.29) is 36.2 Å². The number of carbonyl (C=O) groups is 2. The van der Waals surface area contributed by atoms with Gasteiger partial charge in [-0.2, -0.15) is 0 Å². The highest BCUT2D eigenvalue weighted by atomic mass is 35.5. The maximum atomic E-state index is 12.0. The van der Waals surface area contributed by atoms with Gasteiger partial charge in [-0.05, 0) is 37.1 Å². The Bertz CT molecular complexity index is 540. The van der Waals surface area contributed by atoms with E-state index in [0.717, 1.165) is 30.8 Å². The molecule has 3 N–H and O–H groups in total. The van der Waals surface area contributed by atoms with E-state index in [0.29, 0.717) is 19.6 Å². The molecular formula is C16H22ClN3O3. The highest BCUT2D eigenvalue weighted by molar-refractivity contribution is 5.95. The van der Waals surface area contributed by atoms with Crippen LogP contribution in [0, 0.1) is 5.92 Å². The van der Waals surface area contributed by atoms with E-state index in [1.54, 1.807) is 24.3 Å². The summed E-state index contributed by atoms with van der Waals surface area (Å²) in [6.45, 7) is 2.05. The zero-order valence-electron chi connectivity index (χ0n) is 12.8. The van der Waals surface area contributed by atoms with Crippen molar-refractivity contribution in [2.45, 2.75) is 25.3 Å². The predicted molar refractivity (Wildman–Crippen MR) is 90.9 cm³/mol. The topological polar surface area (TPSA) is 79.5 Å². The molecule has 2 amide bonds. The maximum Gasteiger partial charge on any atom is 0.227 e. The number of anilines is 2. The Kier molecular flexibility index (Phi) is 6.38. The maximum absolute atomic E-state index is 12.0. The standard InChI is InChI=1S/C16H21N3O3.ClH/c20-15(9-14-10-22-8-7-17-14)18-12-3-5-13(6-4-12)19-16(21)11-1-2-11;/h3-6,11,14,17H,1-2,7-10H2,(H,18,20)(H,19,21);1H. The fraction of sp³-hybridized carbons (Fsp3) is 0.500. The monoisotopic (exact) mass is 339 g/mol. The molecule has 2 fully saturated rings. The number of morpholine rings is 1. The van der Waals surface area contributed by atoms with Crippen molar-refractivity contribution in [1.29, 1.82) is 0 Å². The molecule has 1 saturated carbocycles. The summed E-state index contributed by atoms with van der Waals surface area (Å²) in [7, 11) is 0. The van der Waals surface area contributed by atoms with Crippen molar-refractivity contribution in [3.8, 4) is 0 Å². The second-order valence-electron chi connectivity index (χ2n) is 5.82. The summed E-state index contributed by atoms with van der Waals surface area (Å²) in [6.07, 6.45) is 2.36. The minimum atomic E-state index is -0.0437. The average molecular weight is 340 g/mol. The Labute approximate surface area is 141 Å². The Hall–Kier alpha value is -1.63. The number of benzene rings is 1. The van der Waals surface area contributed by atoms with Crippen LogP contribution >= 0.6 is 12.4 Å². The number of carbonyl (C=O) groups excluding carboxylic acids is 2. The minimum Gasteiger partial charge on any atom is -0.378 e. The number of hydrogen-bond acceptors (Lipinski definition) is 4. The predicted octanol–water partition coefficient (Wildman–Crippen LogP) is 1.77. The van der Waals surface area contributed by atoms with Crippen LogP contribution in [0.15, 0.2) is 24.3 Å². The lowest BCUT2D eigenvalue weighted by Gasteiger charge is -2.23. The molecule has 1 aliphatic carbocycles. The van der Waals surface area contributed by atoms with Crippen molar-refractivity contribution in [1.82, 2.24) is 5.32 Å². The number of halogens is 1. The molecule has 2 aliphatic rings. The van der Waals surface area contributed by atoms with Gasteiger partial charge in [0.1, 0.15) is 0 Å². The van der Waals surface area contributed by atoms with E-state index in [1.165, 1.54) is 0 Å². The highest BCUT2D eigenvalue weighted by Gasteiger charge is 2.29. The third-order valence-corrected chi connectivity index (χ3v) is 3.81. The van der Waals surface area contributed by atoms with Crippen molar-refractivity contribution in [3.05, 3.63) is 24.3 Å². The summed E-state index contributed by atoms with van der Waals surface area (Å²) in [5, 5.41) is 8.98. The summed E-state index contributed by atoms with van der Waals surface area (Å²) < 4.78 is 5.33. The van der Waals surface area contributed by atoms with E-state index in [2.05, 4.69) is 16.0 Å². The molecule has 1 aromatic carbocycles. The Morgan fingerprint density at radius 2 is 1.78 bits per heavy atom. The fourth-order valence-electron chi connectivity index (χ4n) is 2.41. The third kappa shape index (κ3) is 5.49. The van der Waals surface area contributed by atoms with Gasteiger partial charge in [0.05, 0.1) is 13.2 Å². The molecule has 7 heteroatoms. The van der Waals surface area contributed by atoms with Crippen LogP contribution in [-0.4, -0.2) is 37.6 Å². The van der Waals surface area contributed by atoms with Crippen LogP contribution in [0.1, 0.15) is 19.3 Å². The molecule has 1 heterocycles. The molecule has 0 spiro atoms. The lowest BCUT2D eigenvalue weighted by molar-refractivity contribution is -0.118. The third-order valence-electron chi connectivity index (χ3n) is 3.81. The van der Waals surface area contributed by atoms with Gasteiger partial charge in [-0.15, -0.1) is 12.4 Å². The molecule has 1 atom stereocenters. The Morgan fingerprint density at radius 1 is 1.13 bits per heavy atom. The molecule has 0 aromatic heterocycles. The van der Waals surface area contributed by atoms with E-state index in [4.69, 9.17) is 4.74 Å². The number of hydrogen-bond donors (Lipinski definition) is 3. The number of nitrogens with one attached hydrogen (secondary N) is 3. The second kappa shape index (κ2) is 8.29. The Balaban J connectivity index is 0.00000192. The normalized spacial score (nSPS) is 20.3. The van der Waals surface area contributed by atoms with E-state index < -0.39 is 0 Å². The van der Waals surface area contributed by atoms with Crippen LogP contribution in [0.5, 0.6) is 0 Å². The summed E-state index contributed by atoms with van der Waals surface area (Å²) in [6, 6.07) is 7.28. The smallest absolute Gasteiger partial charge is 0.227 e. The molecule has 23 heavy (non-hydrogen) atoms. The zero-order valence-corrected chi connectivity index (χ0v) is 13.7. The van der Waals surface area contributed by atoms with E-state index in [9.17, 15) is 9.59 Å². The molecule has 0 bridgehead atoms. The lowest BCUT2D eigenvalue weighted by atomic mass is 10.2. The minimum absolute atomic E-state index is 0. The van der Waals surface area contributed by atoms with Crippen molar-refractivity contribution in [3.63, 3.8) is 0 Å². The van der Waals surface area contributed by atoms with Crippen molar-refractivity contribution < 1.29 is 14.3 Å². The van der Waals surface area contributed by atoms with Crippen LogP contribution in [-0.2, 0) is 14.3 Å². The summed E-state index contributed by atoms with van der Waals surface area (Å²) in [4.78, 5) is 23.6. The second-order valence-corrected chi connectivity index (χ2v) is 5.82. The molecule has 126 valence electrons. The quantitative estimate of drug-likeness (QED) is 0.764. The van der Waals surface area contributed by atoms with Crippen LogP contribution in [0.2, 0.25) is 0 Å². The van der Waals surface area contributed by atoms with Crippen LogP contribution in [0.25, 0.3) is 0 Å². The van der Waals surface area contributed by atoms with Gasteiger partial charge in [0.25, 0.3) is 0 Å². The SMILES string of the molecule is Cl.O=C(CC1COCCN1)Nc1ccc(NC(=O)C2CC2)cc1. The van der Waals surface area contributed by atoms with Gasteiger partial charge in [0.2, 0.25) is 11.8 Å². The molecule has 0 radical (unpaired) electrons. The lowest BCUT2D eigenvalue weighted by Crippen LogP contribution is -2.43. The van der Waals surface area contributed by atoms with E-state index in [1.807, 2.05) is 0 Å². The van der Waals surface area contributed by atoms with Gasteiger partial charge in [0, 0.05) is 36.3 Å². The first-order chi connectivity index (χ1) is 10.7. The molecule has 1 aromatic rings. The molecule has 6 nitrogen and oxygen atoms in total. The van der Waals surface area contributed by atoms with Crippen molar-refractivity contribution in [2.24, 2.45) is 5.92 Å². The molecule has 1 aliphatic heterocycles. The zero-order chi connectivity index (χ0) is 15.4. The average Bonchev–Trinajstić information content (AvgIpc) is 3.35. The van der Waals surface area contributed by atoms with Gasteiger partial charge in [-0.3, -0.25) is 9.59 Å². The van der Waals surface area contributed by atoms with E-state index >= 15 is 0 Å². The number of amides is 2. The van der Waals surface area contributed by atoms with Crippen LogP contribution in [0.3, 0.4) is 0 Å². The number of ether oxygens (including phenoxy) is 1. The first-order valence-corrected chi connectivity index (χ1v) is 7.72. The van der Waals surface area contributed by atoms with Gasteiger partial charge in [0.15, 0.2) is 0 Å². The van der Waals surface area contributed by atoms with Crippen LogP contribution < -0.4 is 16.0 Å². The van der Waals surface area contributed by atoms with Crippen molar-refractivity contribution >= 4 is 35.6 Å². The summed E-state index contributed by atoms with van der Waals surface area (Å²) in [5.74, 6) is 0.225. The molecule has 3 rings (SSSR count). The van der Waals surface area contributed by atoms with Gasteiger partial charge in [-0.25, -0.2) is 0 Å². The summed E-state index contributed by atoms with van der Waals surface area (Å²) >= 11 is 0. The molecule has 1 saturated heterocycles. The van der Waals surface area contributed by atoms with Gasteiger partial charge < -0.3 is 20.7 Å². The number of rotatable bonds is 5. The summed E-state index contributed by atoms with van der Waals surface area (Å²) in [5.41, 5.74) is 1.49. The van der Waals surface area contributed by atoms with Crippen molar-refractivity contribution in [2.75, 3.05) is 30.4 Å². The molecular weight excluding hydrogens is 318 g/mol. The molecule has 1 unspecified atom stereocenters. The first kappa shape index (κ1) is 17.7. The van der Waals surface area contributed by atoms with Gasteiger partial charge >= 0.3 is 0 Å². The fourth-order valence-corrected chi connectivity index (χ4v) is 2.41. The Morgan fingerprint density at radius 3 is 2.35 bits per heavy atom.